The Morgan fingerprint density at radius 2 is 1.91 bits per heavy atom. The van der Waals surface area contributed by atoms with E-state index >= 15 is 0 Å². The van der Waals surface area contributed by atoms with Crippen LogP contribution in [0.4, 0.5) is 0 Å². The minimum Gasteiger partial charge on any atom is -0.506 e. The molecule has 2 nitrogen and oxygen atoms in total. The van der Waals surface area contributed by atoms with E-state index in [-0.39, 0.29) is 12.4 Å². The number of nitrogens with zero attached hydrogens (tertiary/aromatic N) is 1. The fraction of sp³-hybridized carbons (Fsp3) is 0.667. The maximum atomic E-state index is 10.3. The van der Waals surface area contributed by atoms with Crippen LogP contribution in [0.15, 0.2) is 21.1 Å². The molecule has 5 heteroatoms. The van der Waals surface area contributed by atoms with Gasteiger partial charge in [-0.25, -0.2) is 0 Å². The van der Waals surface area contributed by atoms with Gasteiger partial charge in [0.25, 0.3) is 0 Å². The molecule has 0 aliphatic heterocycles. The minimum absolute atomic E-state index is 0. The topological polar surface area (TPSA) is 23.5 Å². The van der Waals surface area contributed by atoms with Gasteiger partial charge in [-0.2, -0.15) is 0 Å². The molecule has 0 spiro atoms. The number of rotatable bonds is 4. The summed E-state index contributed by atoms with van der Waals surface area (Å²) in [6.45, 7) is 7.83. The van der Waals surface area contributed by atoms with Gasteiger partial charge >= 0.3 is 0 Å². The van der Waals surface area contributed by atoms with Crippen molar-refractivity contribution >= 4 is 44.3 Å². The lowest BCUT2D eigenvalue weighted by Crippen LogP contribution is -2.43. The van der Waals surface area contributed by atoms with Crippen LogP contribution >= 0.6 is 44.3 Å². The minimum atomic E-state index is 0. The normalized spacial score (nSPS) is 24.8. The first kappa shape index (κ1) is 21.3. The van der Waals surface area contributed by atoms with Gasteiger partial charge in [0.2, 0.25) is 0 Å². The molecule has 3 atom stereocenters. The number of benzene rings is 1. The summed E-state index contributed by atoms with van der Waals surface area (Å²) in [5.74, 6) is 2.62. The van der Waals surface area contributed by atoms with E-state index < -0.39 is 0 Å². The van der Waals surface area contributed by atoms with Gasteiger partial charge < -0.3 is 5.11 Å². The van der Waals surface area contributed by atoms with Crippen LogP contribution in [0.5, 0.6) is 5.75 Å². The largest absolute Gasteiger partial charge is 0.506 e. The van der Waals surface area contributed by atoms with Crippen LogP contribution in [-0.4, -0.2) is 23.1 Å². The van der Waals surface area contributed by atoms with Crippen molar-refractivity contribution < 1.29 is 5.11 Å². The Balaban J connectivity index is 0.00000264. The van der Waals surface area contributed by atoms with Crippen molar-refractivity contribution in [1.82, 2.24) is 4.90 Å². The number of phenols is 1. The maximum absolute atomic E-state index is 10.3. The van der Waals surface area contributed by atoms with E-state index in [0.717, 1.165) is 32.9 Å². The van der Waals surface area contributed by atoms with Crippen molar-refractivity contribution in [1.29, 1.82) is 0 Å². The van der Waals surface area contributed by atoms with Gasteiger partial charge in [0.05, 0.1) is 4.47 Å². The van der Waals surface area contributed by atoms with E-state index in [1.165, 1.54) is 19.3 Å². The van der Waals surface area contributed by atoms with Gasteiger partial charge in [-0.1, -0.05) is 43.1 Å². The first-order chi connectivity index (χ1) is 10.3. The summed E-state index contributed by atoms with van der Waals surface area (Å²) in [6.07, 6.45) is 3.93. The second-order valence-corrected chi connectivity index (χ2v) is 8.97. The van der Waals surface area contributed by atoms with Crippen LogP contribution in [0.1, 0.15) is 45.6 Å². The molecule has 0 heterocycles. The summed E-state index contributed by atoms with van der Waals surface area (Å²) >= 11 is 6.95. The van der Waals surface area contributed by atoms with Gasteiger partial charge in [0.1, 0.15) is 5.75 Å². The Bertz CT molecular complexity index is 524. The first-order valence-electron chi connectivity index (χ1n) is 8.16. The predicted molar refractivity (Wildman–Crippen MR) is 107 cm³/mol. The van der Waals surface area contributed by atoms with Crippen LogP contribution in [0.25, 0.3) is 0 Å². The molecule has 0 amide bonds. The molecule has 2 rings (SSSR count). The molecule has 0 radical (unpaired) electrons. The Morgan fingerprint density at radius 1 is 1.26 bits per heavy atom. The molecule has 1 aliphatic rings. The average Bonchev–Trinajstić information content (AvgIpc) is 2.43. The summed E-state index contributed by atoms with van der Waals surface area (Å²) < 4.78 is 1.75. The molecule has 0 aromatic heterocycles. The molecule has 23 heavy (non-hydrogen) atoms. The first-order valence-corrected chi connectivity index (χ1v) is 9.75. The van der Waals surface area contributed by atoms with Crippen LogP contribution in [0, 0.1) is 17.8 Å². The van der Waals surface area contributed by atoms with Crippen LogP contribution in [-0.2, 0) is 6.54 Å². The Labute approximate surface area is 163 Å². The van der Waals surface area contributed by atoms with E-state index in [2.05, 4.69) is 64.6 Å². The highest BCUT2D eigenvalue weighted by Gasteiger charge is 2.33. The van der Waals surface area contributed by atoms with Crippen molar-refractivity contribution in [3.05, 3.63) is 26.6 Å². The van der Waals surface area contributed by atoms with E-state index in [1.54, 1.807) is 0 Å². The van der Waals surface area contributed by atoms with Crippen molar-refractivity contribution in [2.45, 2.75) is 52.6 Å². The third-order valence-electron chi connectivity index (χ3n) is 5.08. The summed E-state index contributed by atoms with van der Waals surface area (Å²) in [5.41, 5.74) is 0.976. The lowest BCUT2D eigenvalue weighted by Gasteiger charge is -2.42. The molecular formula is C18H28Br2ClNO. The van der Waals surface area contributed by atoms with Crippen molar-refractivity contribution in [2.24, 2.45) is 17.8 Å². The summed E-state index contributed by atoms with van der Waals surface area (Å²) in [7, 11) is 2.20. The van der Waals surface area contributed by atoms with Gasteiger partial charge in [-0.05, 0) is 65.7 Å². The lowest BCUT2D eigenvalue weighted by atomic mass is 9.73. The fourth-order valence-electron chi connectivity index (χ4n) is 3.78. The molecule has 1 fully saturated rings. The molecular weight excluding hydrogens is 441 g/mol. The molecule has 1 aromatic rings. The molecule has 1 saturated carbocycles. The van der Waals surface area contributed by atoms with Gasteiger partial charge in [-0.15, -0.1) is 12.4 Å². The highest BCUT2D eigenvalue weighted by molar-refractivity contribution is 9.11. The summed E-state index contributed by atoms with van der Waals surface area (Å²) in [5, 5.41) is 10.3. The third-order valence-corrected chi connectivity index (χ3v) is 6.14. The number of hydrogen-bond acceptors (Lipinski definition) is 2. The van der Waals surface area contributed by atoms with E-state index in [1.807, 2.05) is 12.1 Å². The second kappa shape index (κ2) is 9.07. The Hall–Kier alpha value is 0.230. The van der Waals surface area contributed by atoms with Crippen molar-refractivity contribution in [3.63, 3.8) is 0 Å². The van der Waals surface area contributed by atoms with Crippen molar-refractivity contribution in [3.8, 4) is 5.75 Å². The smallest absolute Gasteiger partial charge is 0.134 e. The van der Waals surface area contributed by atoms with E-state index in [9.17, 15) is 5.11 Å². The average molecular weight is 470 g/mol. The fourth-order valence-corrected chi connectivity index (χ4v) is 5.10. The predicted octanol–water partition coefficient (Wildman–Crippen LogP) is 6.23. The Morgan fingerprint density at radius 3 is 2.52 bits per heavy atom. The zero-order chi connectivity index (χ0) is 16.4. The third kappa shape index (κ3) is 5.35. The highest BCUT2D eigenvalue weighted by atomic mass is 79.9. The number of halogens is 3. The maximum Gasteiger partial charge on any atom is 0.134 e. The monoisotopic (exact) mass is 467 g/mol. The summed E-state index contributed by atoms with van der Waals surface area (Å²) in [6, 6.07) is 4.51. The second-order valence-electron chi connectivity index (χ2n) is 7.20. The molecule has 0 bridgehead atoms. The Kier molecular flexibility index (Phi) is 8.39. The molecule has 1 N–H and O–H groups in total. The molecule has 1 aromatic carbocycles. The van der Waals surface area contributed by atoms with Gasteiger partial charge in [-0.3, -0.25) is 4.90 Å². The molecule has 1 aliphatic carbocycles. The zero-order valence-electron chi connectivity index (χ0n) is 14.4. The van der Waals surface area contributed by atoms with Crippen LogP contribution in [0.3, 0.4) is 0 Å². The lowest BCUT2D eigenvalue weighted by molar-refractivity contribution is 0.0726. The number of aromatic hydroxyl groups is 1. The van der Waals surface area contributed by atoms with E-state index in [4.69, 9.17) is 0 Å². The van der Waals surface area contributed by atoms with E-state index in [0.29, 0.717) is 17.7 Å². The number of hydrogen-bond donors (Lipinski definition) is 1. The summed E-state index contributed by atoms with van der Waals surface area (Å²) in [4.78, 5) is 2.44. The highest BCUT2D eigenvalue weighted by Crippen LogP contribution is 2.38. The van der Waals surface area contributed by atoms with Gasteiger partial charge in [0, 0.05) is 22.6 Å². The van der Waals surface area contributed by atoms with Crippen molar-refractivity contribution in [2.75, 3.05) is 7.05 Å². The standard InChI is InChI=1S/C18H27Br2NO.ClH/c1-11(2)15-6-5-12(3)7-17(15)21(4)10-13-8-14(19)9-16(20)18(13)22;/h8-9,11-12,15,17,22H,5-7,10H2,1-4H3;1H. The SMILES string of the molecule is CC1CCC(C(C)C)C(N(C)Cc2cc(Br)cc(Br)c2O)C1.Cl. The molecule has 3 unspecified atom stereocenters. The van der Waals surface area contributed by atoms with Gasteiger partial charge in [0.15, 0.2) is 0 Å². The quantitative estimate of drug-likeness (QED) is 0.565. The molecule has 0 saturated heterocycles. The van der Waals surface area contributed by atoms with Crippen LogP contribution in [0.2, 0.25) is 0 Å². The number of phenolic OH excluding ortho intramolecular Hbond substituents is 1. The molecule has 132 valence electrons. The van der Waals surface area contributed by atoms with Crippen LogP contribution < -0.4 is 0 Å². The zero-order valence-corrected chi connectivity index (χ0v) is 18.3.